The van der Waals surface area contributed by atoms with Gasteiger partial charge in [-0.1, -0.05) is 0 Å². The molecule has 2 rings (SSSR count). The topological polar surface area (TPSA) is 186 Å². The first kappa shape index (κ1) is 21.6. The largest absolute Gasteiger partial charge is 0.379 e. The SMILES string of the molecule is CCOP(=O)(CCOCCn1cnc2c(N=[N+]=[N-])nc(N=[N+]=[N-])nc21)OCC. The van der Waals surface area contributed by atoms with E-state index in [0.717, 1.165) is 0 Å². The summed E-state index contributed by atoms with van der Waals surface area (Å²) in [4.78, 5) is 17.4. The second-order valence-electron chi connectivity index (χ2n) is 5.12. The van der Waals surface area contributed by atoms with Gasteiger partial charge in [-0.3, -0.25) is 4.57 Å². The number of ether oxygens (including phenoxy) is 1. The molecular formula is C13H19N10O4P. The summed E-state index contributed by atoms with van der Waals surface area (Å²) in [7, 11) is -3.15. The first-order valence-electron chi connectivity index (χ1n) is 8.35. The van der Waals surface area contributed by atoms with E-state index in [1.807, 2.05) is 0 Å². The lowest BCUT2D eigenvalue weighted by atomic mass is 10.5. The van der Waals surface area contributed by atoms with Crippen LogP contribution in [-0.4, -0.2) is 52.1 Å². The maximum Gasteiger partial charge on any atom is 0.332 e. The Labute approximate surface area is 159 Å². The molecule has 150 valence electrons. The monoisotopic (exact) mass is 410 g/mol. The van der Waals surface area contributed by atoms with Crippen molar-refractivity contribution >= 4 is 30.5 Å². The number of fused-ring (bicyclic) bond motifs is 1. The molecule has 0 aliphatic heterocycles. The van der Waals surface area contributed by atoms with E-state index < -0.39 is 7.60 Å². The van der Waals surface area contributed by atoms with Crippen molar-refractivity contribution in [1.82, 2.24) is 19.5 Å². The molecule has 14 nitrogen and oxygen atoms in total. The highest BCUT2D eigenvalue weighted by Crippen LogP contribution is 2.47. The summed E-state index contributed by atoms with van der Waals surface area (Å²) in [5.74, 6) is -0.224. The molecule has 15 heteroatoms. The molecule has 0 aliphatic carbocycles. The molecule has 0 N–H and O–H groups in total. The first-order chi connectivity index (χ1) is 13.6. The van der Waals surface area contributed by atoms with Gasteiger partial charge >= 0.3 is 7.60 Å². The lowest BCUT2D eigenvalue weighted by molar-refractivity contribution is 0.132. The van der Waals surface area contributed by atoms with Gasteiger partial charge in [0, 0.05) is 16.4 Å². The van der Waals surface area contributed by atoms with Crippen LogP contribution < -0.4 is 0 Å². The molecule has 28 heavy (non-hydrogen) atoms. The molecule has 0 amide bonds. The predicted molar refractivity (Wildman–Crippen MR) is 99.5 cm³/mol. The smallest absolute Gasteiger partial charge is 0.332 e. The second kappa shape index (κ2) is 10.6. The molecule has 0 aliphatic rings. The standard InChI is InChI=1S/C13H19N10O4P/c1-3-26-28(24,27-4-2)8-7-25-6-5-23-9-16-10-11(19-21-14)17-13(20-22-15)18-12(10)23/h9H,3-8H2,1-2H3. The number of hydrogen-bond acceptors (Lipinski definition) is 9. The molecule has 0 fully saturated rings. The van der Waals surface area contributed by atoms with Crippen LogP contribution in [0.25, 0.3) is 32.0 Å². The zero-order valence-electron chi connectivity index (χ0n) is 15.4. The van der Waals surface area contributed by atoms with Gasteiger partial charge in [-0.05, 0) is 35.1 Å². The summed E-state index contributed by atoms with van der Waals surface area (Å²) in [6.07, 6.45) is 1.62. The number of azide groups is 2. The average Bonchev–Trinajstić information content (AvgIpc) is 3.06. The molecule has 0 bridgehead atoms. The van der Waals surface area contributed by atoms with Gasteiger partial charge in [0.1, 0.15) is 5.52 Å². The third kappa shape index (κ3) is 5.64. The van der Waals surface area contributed by atoms with Crippen molar-refractivity contribution in [3.05, 3.63) is 27.2 Å². The Morgan fingerprint density at radius 1 is 1.14 bits per heavy atom. The van der Waals surface area contributed by atoms with Gasteiger partial charge in [-0.25, -0.2) is 15.0 Å². The van der Waals surface area contributed by atoms with Crippen molar-refractivity contribution in [2.24, 2.45) is 10.2 Å². The summed E-state index contributed by atoms with van der Waals surface area (Å²) in [5.41, 5.74) is 17.8. The van der Waals surface area contributed by atoms with E-state index >= 15 is 0 Å². The van der Waals surface area contributed by atoms with Crippen molar-refractivity contribution in [2.75, 3.05) is 32.6 Å². The molecule has 0 atom stereocenters. The summed E-state index contributed by atoms with van der Waals surface area (Å²) in [6, 6.07) is 0. The van der Waals surface area contributed by atoms with E-state index in [2.05, 4.69) is 35.0 Å². The fourth-order valence-corrected chi connectivity index (χ4v) is 3.75. The lowest BCUT2D eigenvalue weighted by Gasteiger charge is -2.16. The molecule has 2 aromatic rings. The Bertz CT molecular complexity index is 940. The number of aromatic nitrogens is 4. The number of nitrogens with zero attached hydrogens (tertiary/aromatic N) is 10. The van der Waals surface area contributed by atoms with Gasteiger partial charge in [0.15, 0.2) is 11.5 Å². The molecule has 0 unspecified atom stereocenters. The molecule has 2 heterocycles. The highest BCUT2D eigenvalue weighted by atomic mass is 31.2. The fourth-order valence-electron chi connectivity index (χ4n) is 2.28. The van der Waals surface area contributed by atoms with E-state index in [4.69, 9.17) is 24.8 Å². The van der Waals surface area contributed by atoms with Crippen LogP contribution >= 0.6 is 7.60 Å². The van der Waals surface area contributed by atoms with Gasteiger partial charge in [-0.2, -0.15) is 0 Å². The molecule has 0 saturated heterocycles. The summed E-state index contributed by atoms with van der Waals surface area (Å²) < 4.78 is 29.9. The van der Waals surface area contributed by atoms with Crippen LogP contribution in [0.1, 0.15) is 13.8 Å². The Morgan fingerprint density at radius 2 is 1.86 bits per heavy atom. The van der Waals surface area contributed by atoms with E-state index in [1.54, 1.807) is 18.4 Å². The Morgan fingerprint density at radius 3 is 2.50 bits per heavy atom. The van der Waals surface area contributed by atoms with Crippen molar-refractivity contribution < 1.29 is 18.3 Å². The number of imidazole rings is 1. The second-order valence-corrected chi connectivity index (χ2v) is 7.30. The molecule has 2 aromatic heterocycles. The van der Waals surface area contributed by atoms with Crippen molar-refractivity contribution in [3.63, 3.8) is 0 Å². The van der Waals surface area contributed by atoms with E-state index in [0.29, 0.717) is 25.4 Å². The Kier molecular flexibility index (Phi) is 8.15. The fraction of sp³-hybridized carbons (Fsp3) is 0.615. The van der Waals surface area contributed by atoms with E-state index in [-0.39, 0.29) is 36.7 Å². The van der Waals surface area contributed by atoms with Crippen LogP contribution in [0.3, 0.4) is 0 Å². The maximum atomic E-state index is 12.3. The molecule has 0 radical (unpaired) electrons. The average molecular weight is 410 g/mol. The van der Waals surface area contributed by atoms with Gasteiger partial charge in [-0.15, -0.1) is 0 Å². The van der Waals surface area contributed by atoms with Crippen LogP contribution in [0.5, 0.6) is 0 Å². The van der Waals surface area contributed by atoms with Gasteiger partial charge in [0.25, 0.3) is 0 Å². The van der Waals surface area contributed by atoms with Crippen molar-refractivity contribution in [3.8, 4) is 0 Å². The minimum atomic E-state index is -3.15. The number of rotatable bonds is 12. The third-order valence-corrected chi connectivity index (χ3v) is 5.38. The summed E-state index contributed by atoms with van der Waals surface area (Å²) >= 11 is 0. The van der Waals surface area contributed by atoms with Gasteiger partial charge < -0.3 is 18.4 Å². The van der Waals surface area contributed by atoms with E-state index in [9.17, 15) is 4.57 Å². The Balaban J connectivity index is 2.04. The highest BCUT2D eigenvalue weighted by Gasteiger charge is 2.22. The minimum absolute atomic E-state index is 0.0380. The van der Waals surface area contributed by atoms with Crippen LogP contribution in [0.2, 0.25) is 0 Å². The first-order valence-corrected chi connectivity index (χ1v) is 10.1. The zero-order valence-corrected chi connectivity index (χ0v) is 16.3. The van der Waals surface area contributed by atoms with Crippen molar-refractivity contribution in [1.29, 1.82) is 0 Å². The van der Waals surface area contributed by atoms with Crippen LogP contribution in [-0.2, 0) is 24.9 Å². The van der Waals surface area contributed by atoms with Crippen LogP contribution in [0, 0.1) is 0 Å². The quantitative estimate of drug-likeness (QED) is 0.166. The Hall–Kier alpha value is -2.72. The molecule has 0 spiro atoms. The normalized spacial score (nSPS) is 11.2. The third-order valence-electron chi connectivity index (χ3n) is 3.34. The van der Waals surface area contributed by atoms with Gasteiger partial charge in [0.05, 0.1) is 38.9 Å². The van der Waals surface area contributed by atoms with Crippen LogP contribution in [0.4, 0.5) is 11.8 Å². The lowest BCUT2D eigenvalue weighted by Crippen LogP contribution is -2.10. The molecule has 0 aromatic carbocycles. The van der Waals surface area contributed by atoms with Crippen LogP contribution in [0.15, 0.2) is 16.6 Å². The van der Waals surface area contributed by atoms with Crippen molar-refractivity contribution in [2.45, 2.75) is 20.4 Å². The zero-order chi connectivity index (χ0) is 20.4. The maximum absolute atomic E-state index is 12.3. The molecular weight excluding hydrogens is 391 g/mol. The minimum Gasteiger partial charge on any atom is -0.379 e. The number of hydrogen-bond donors (Lipinski definition) is 0. The summed E-state index contributed by atoms with van der Waals surface area (Å²) in [6.45, 7) is 4.88. The molecule has 0 saturated carbocycles. The van der Waals surface area contributed by atoms with E-state index in [1.165, 1.54) is 6.33 Å². The predicted octanol–water partition coefficient (Wildman–Crippen LogP) is 3.99. The highest BCUT2D eigenvalue weighted by molar-refractivity contribution is 7.53. The summed E-state index contributed by atoms with van der Waals surface area (Å²) in [5, 5.41) is 6.78. The van der Waals surface area contributed by atoms with Gasteiger partial charge in [0.2, 0.25) is 5.95 Å².